The van der Waals surface area contributed by atoms with Gasteiger partial charge in [0.25, 0.3) is 0 Å². The van der Waals surface area contributed by atoms with Gasteiger partial charge in [-0.2, -0.15) is 0 Å². The first-order valence-electron chi connectivity index (χ1n) is 9.17. The van der Waals surface area contributed by atoms with Crippen molar-refractivity contribution in [3.05, 3.63) is 0 Å². The maximum atomic E-state index is 13.1. The molecule has 5 nitrogen and oxygen atoms in total. The van der Waals surface area contributed by atoms with Crippen molar-refractivity contribution < 1.29 is 23.9 Å². The molecule has 0 aromatic carbocycles. The lowest BCUT2D eigenvalue weighted by molar-refractivity contribution is -0.161. The van der Waals surface area contributed by atoms with E-state index in [0.29, 0.717) is 32.1 Å². The zero-order chi connectivity index (χ0) is 16.9. The van der Waals surface area contributed by atoms with E-state index in [4.69, 9.17) is 4.74 Å². The molecule has 0 N–H and O–H groups in total. The van der Waals surface area contributed by atoms with Gasteiger partial charge in [-0.15, -0.1) is 0 Å². The van der Waals surface area contributed by atoms with Gasteiger partial charge in [-0.1, -0.05) is 6.92 Å². The van der Waals surface area contributed by atoms with Crippen molar-refractivity contribution in [3.63, 3.8) is 0 Å². The smallest absolute Gasteiger partial charge is 0.173 e. The zero-order valence-corrected chi connectivity index (χ0v) is 13.9. The van der Waals surface area contributed by atoms with E-state index in [-0.39, 0.29) is 35.1 Å². The molecule has 4 saturated carbocycles. The summed E-state index contributed by atoms with van der Waals surface area (Å²) in [6.45, 7) is 1.99. The third kappa shape index (κ3) is 1.32. The van der Waals surface area contributed by atoms with Crippen LogP contribution in [0.1, 0.15) is 51.9 Å². The molecular formula is C19H22O5. The van der Waals surface area contributed by atoms with Crippen LogP contribution in [0.25, 0.3) is 0 Å². The number of hydrogen-bond donors (Lipinski definition) is 0. The molecule has 0 aromatic heterocycles. The van der Waals surface area contributed by atoms with Crippen LogP contribution in [-0.4, -0.2) is 35.3 Å². The first-order chi connectivity index (χ1) is 11.4. The maximum absolute atomic E-state index is 13.1. The van der Waals surface area contributed by atoms with Crippen LogP contribution in [-0.2, 0) is 23.9 Å². The van der Waals surface area contributed by atoms with E-state index in [1.807, 2.05) is 6.92 Å². The highest BCUT2D eigenvalue weighted by Gasteiger charge is 2.83. The molecule has 1 spiro atoms. The number of rotatable bonds is 1. The average Bonchev–Trinajstić information content (AvgIpc) is 3.26. The van der Waals surface area contributed by atoms with E-state index in [1.165, 1.54) is 0 Å². The Labute approximate surface area is 140 Å². The third-order valence-electron chi connectivity index (χ3n) is 8.15. The van der Waals surface area contributed by atoms with Crippen LogP contribution in [0.5, 0.6) is 0 Å². The summed E-state index contributed by atoms with van der Waals surface area (Å²) >= 11 is 0. The molecule has 1 aliphatic heterocycles. The van der Waals surface area contributed by atoms with E-state index in [1.54, 1.807) is 0 Å². The van der Waals surface area contributed by atoms with Crippen molar-refractivity contribution in [2.24, 2.45) is 28.6 Å². The Morgan fingerprint density at radius 1 is 1.04 bits per heavy atom. The molecule has 0 radical (unpaired) electrons. The van der Waals surface area contributed by atoms with Gasteiger partial charge in [-0.25, -0.2) is 0 Å². The molecule has 7 atom stereocenters. The zero-order valence-electron chi connectivity index (χ0n) is 13.9. The molecule has 0 unspecified atom stereocenters. The molecule has 1 saturated heterocycles. The normalized spacial score (nSPS) is 55.3. The summed E-state index contributed by atoms with van der Waals surface area (Å²) in [7, 11) is 0. The highest BCUT2D eigenvalue weighted by molar-refractivity contribution is 6.07. The molecule has 4 aliphatic carbocycles. The van der Waals surface area contributed by atoms with Crippen LogP contribution >= 0.6 is 0 Å². The minimum Gasteiger partial charge on any atom is -0.348 e. The van der Waals surface area contributed by atoms with Gasteiger partial charge in [0.1, 0.15) is 12.1 Å². The molecule has 5 aliphatic rings. The molecule has 0 amide bonds. The Hall–Kier alpha value is -1.36. The Morgan fingerprint density at radius 2 is 1.83 bits per heavy atom. The summed E-state index contributed by atoms with van der Waals surface area (Å²) < 4.78 is 5.77. The highest BCUT2D eigenvalue weighted by atomic mass is 16.6. The number of Topliss-reactive ketones (excluding diaryl/α,β-unsaturated/α-hetero) is 3. The minimum absolute atomic E-state index is 0.00676. The number of epoxide rings is 1. The fraction of sp³-hybridized carbons (Fsp3) is 0.789. The van der Waals surface area contributed by atoms with Crippen LogP contribution in [0, 0.1) is 28.6 Å². The SMILES string of the molecule is C[C@]12CC[C@H]3[C@@H](C(=O)[C@H]4O[C@]45C(=O)CCC[C@]35C=O)[C@@H]1CCC2=O. The van der Waals surface area contributed by atoms with Crippen LogP contribution in [0.15, 0.2) is 0 Å². The van der Waals surface area contributed by atoms with Crippen molar-refractivity contribution in [1.29, 1.82) is 0 Å². The van der Waals surface area contributed by atoms with Crippen molar-refractivity contribution in [2.75, 3.05) is 0 Å². The number of aldehydes is 1. The minimum atomic E-state index is -1.17. The largest absolute Gasteiger partial charge is 0.348 e. The third-order valence-corrected chi connectivity index (χ3v) is 8.15. The predicted octanol–water partition coefficient (Wildman–Crippen LogP) is 1.66. The summed E-state index contributed by atoms with van der Waals surface area (Å²) in [6, 6.07) is 0. The molecule has 5 rings (SSSR count). The van der Waals surface area contributed by atoms with Gasteiger partial charge in [0.05, 0.1) is 5.41 Å². The standard InChI is InChI=1S/C19H22O5/c1-17-8-6-11-14(10(17)4-5-12(17)21)15(23)16-19(24-16)13(22)3-2-7-18(11,19)9-20/h9-11,14,16H,2-8H2,1H3/t10-,11-,14-,16+,17-,18-,19+/m0/s1. The molecule has 1 heterocycles. The van der Waals surface area contributed by atoms with Crippen molar-refractivity contribution in [2.45, 2.75) is 63.6 Å². The van der Waals surface area contributed by atoms with Crippen molar-refractivity contribution in [3.8, 4) is 0 Å². The Kier molecular flexibility index (Phi) is 2.64. The second-order valence-electron chi connectivity index (χ2n) is 8.73. The van der Waals surface area contributed by atoms with Crippen LogP contribution in [0.3, 0.4) is 0 Å². The molecule has 5 fully saturated rings. The monoisotopic (exact) mass is 330 g/mol. The van der Waals surface area contributed by atoms with Crippen molar-refractivity contribution >= 4 is 23.6 Å². The Morgan fingerprint density at radius 3 is 2.58 bits per heavy atom. The first-order valence-corrected chi connectivity index (χ1v) is 9.17. The van der Waals surface area contributed by atoms with E-state index in [2.05, 4.69) is 0 Å². The number of ether oxygens (including phenoxy) is 1. The van der Waals surface area contributed by atoms with Gasteiger partial charge in [0, 0.05) is 24.2 Å². The van der Waals surface area contributed by atoms with Gasteiger partial charge in [-0.3, -0.25) is 14.4 Å². The molecule has 0 bridgehead atoms. The summed E-state index contributed by atoms with van der Waals surface area (Å²) in [5, 5.41) is 0. The van der Waals surface area contributed by atoms with E-state index < -0.39 is 22.5 Å². The van der Waals surface area contributed by atoms with Crippen LogP contribution in [0.4, 0.5) is 0 Å². The van der Waals surface area contributed by atoms with Crippen molar-refractivity contribution in [1.82, 2.24) is 0 Å². The molecule has 24 heavy (non-hydrogen) atoms. The van der Waals surface area contributed by atoms with E-state index in [9.17, 15) is 19.2 Å². The summed E-state index contributed by atoms with van der Waals surface area (Å²) in [5.41, 5.74) is -2.45. The second-order valence-corrected chi connectivity index (χ2v) is 8.73. The Balaban J connectivity index is 1.65. The summed E-state index contributed by atoms with van der Waals surface area (Å²) in [5.74, 6) is -0.257. The molecule has 0 aromatic rings. The summed E-state index contributed by atoms with van der Waals surface area (Å²) in [6.07, 6.45) is 4.55. The second kappa shape index (κ2) is 4.24. The van der Waals surface area contributed by atoms with Gasteiger partial charge in [-0.05, 0) is 43.9 Å². The first kappa shape index (κ1) is 14.9. The Bertz CT molecular complexity index is 698. The fourth-order valence-corrected chi connectivity index (χ4v) is 6.91. The average molecular weight is 330 g/mol. The lowest BCUT2D eigenvalue weighted by Gasteiger charge is -2.55. The van der Waals surface area contributed by atoms with E-state index in [0.717, 1.165) is 19.1 Å². The predicted molar refractivity (Wildman–Crippen MR) is 82.0 cm³/mol. The number of carbonyl (C=O) groups is 4. The van der Waals surface area contributed by atoms with Crippen LogP contribution < -0.4 is 0 Å². The number of carbonyl (C=O) groups excluding carboxylic acids is 4. The quantitative estimate of drug-likeness (QED) is 0.539. The molecule has 128 valence electrons. The molecule has 5 heteroatoms. The lowest BCUT2D eigenvalue weighted by atomic mass is 9.44. The topological polar surface area (TPSA) is 80.8 Å². The van der Waals surface area contributed by atoms with E-state index >= 15 is 0 Å². The van der Waals surface area contributed by atoms with Gasteiger partial charge in [0.2, 0.25) is 0 Å². The maximum Gasteiger partial charge on any atom is 0.173 e. The van der Waals surface area contributed by atoms with Crippen LogP contribution in [0.2, 0.25) is 0 Å². The highest BCUT2D eigenvalue weighted by Crippen LogP contribution is 2.70. The fourth-order valence-electron chi connectivity index (χ4n) is 6.91. The summed E-state index contributed by atoms with van der Waals surface area (Å²) in [4.78, 5) is 50.5. The van der Waals surface area contributed by atoms with Gasteiger partial charge in [0.15, 0.2) is 23.3 Å². The number of fused-ring (bicyclic) bond motifs is 4. The molecular weight excluding hydrogens is 308 g/mol. The number of hydrogen-bond acceptors (Lipinski definition) is 5. The number of ketones is 3. The van der Waals surface area contributed by atoms with Gasteiger partial charge >= 0.3 is 0 Å². The van der Waals surface area contributed by atoms with Gasteiger partial charge < -0.3 is 9.53 Å². The lowest BCUT2D eigenvalue weighted by Crippen LogP contribution is -2.64.